The van der Waals surface area contributed by atoms with Gasteiger partial charge in [-0.05, 0) is 30.5 Å². The topological polar surface area (TPSA) is 51.8 Å². The van der Waals surface area contributed by atoms with Crippen molar-refractivity contribution in [3.05, 3.63) is 46.8 Å². The summed E-state index contributed by atoms with van der Waals surface area (Å²) in [5, 5.41) is 0.474. The second-order valence-electron chi connectivity index (χ2n) is 4.83. The van der Waals surface area contributed by atoms with Gasteiger partial charge < -0.3 is 5.73 Å². The first-order chi connectivity index (χ1) is 9.06. The van der Waals surface area contributed by atoms with Crippen LogP contribution in [0, 0.1) is 12.8 Å². The second-order valence-corrected chi connectivity index (χ2v) is 5.21. The van der Waals surface area contributed by atoms with Crippen LogP contribution in [0.3, 0.4) is 0 Å². The Bertz CT molecular complexity index is 732. The van der Waals surface area contributed by atoms with Crippen molar-refractivity contribution in [2.45, 2.75) is 13.8 Å². The molecular weight excluding hydrogens is 258 g/mol. The summed E-state index contributed by atoms with van der Waals surface area (Å²) in [5.74, 6) is 0.434. The summed E-state index contributed by atoms with van der Waals surface area (Å²) in [6.07, 6.45) is 6.39. The highest BCUT2D eigenvalue weighted by Crippen LogP contribution is 2.31. The molecule has 1 unspecified atom stereocenters. The van der Waals surface area contributed by atoms with Gasteiger partial charge in [0.05, 0.1) is 27.6 Å². The van der Waals surface area contributed by atoms with E-state index in [1.54, 1.807) is 6.07 Å². The molecule has 1 aliphatic carbocycles. The number of benzene rings is 1. The van der Waals surface area contributed by atoms with Crippen LogP contribution in [0.15, 0.2) is 30.4 Å². The molecule has 1 aliphatic rings. The fraction of sp³-hybridized carbons (Fsp3) is 0.200. The van der Waals surface area contributed by atoms with Crippen LogP contribution >= 0.6 is 11.6 Å². The number of halogens is 1. The maximum Gasteiger partial charge on any atom is 0.110 e. The zero-order valence-corrected chi connectivity index (χ0v) is 11.6. The fourth-order valence-corrected chi connectivity index (χ4v) is 2.48. The Labute approximate surface area is 116 Å². The lowest BCUT2D eigenvalue weighted by molar-refractivity contribution is 0.959. The highest BCUT2D eigenvalue weighted by atomic mass is 35.5. The first-order valence-electron chi connectivity index (χ1n) is 6.19. The van der Waals surface area contributed by atoms with Crippen molar-refractivity contribution in [3.63, 3.8) is 0 Å². The zero-order valence-electron chi connectivity index (χ0n) is 10.8. The highest BCUT2D eigenvalue weighted by molar-refractivity contribution is 6.37. The number of nitrogen functional groups attached to an aromatic ring is 1. The Morgan fingerprint density at radius 3 is 2.74 bits per heavy atom. The van der Waals surface area contributed by atoms with Gasteiger partial charge in [0.15, 0.2) is 0 Å². The molecule has 0 radical (unpaired) electrons. The minimum Gasteiger partial charge on any atom is -0.397 e. The number of allylic oxidation sites excluding steroid dienone is 4. The summed E-state index contributed by atoms with van der Waals surface area (Å²) >= 11 is 6.22. The normalized spacial score (nSPS) is 18.1. The van der Waals surface area contributed by atoms with E-state index < -0.39 is 0 Å². The van der Waals surface area contributed by atoms with Crippen molar-refractivity contribution < 1.29 is 0 Å². The Hall–Kier alpha value is -1.87. The zero-order chi connectivity index (χ0) is 13.6. The van der Waals surface area contributed by atoms with E-state index in [2.05, 4.69) is 35.1 Å². The summed E-state index contributed by atoms with van der Waals surface area (Å²) in [7, 11) is 0. The largest absolute Gasteiger partial charge is 0.397 e. The third-order valence-electron chi connectivity index (χ3n) is 3.27. The first kappa shape index (κ1) is 12.2. The molecule has 3 rings (SSSR count). The monoisotopic (exact) mass is 271 g/mol. The van der Waals surface area contributed by atoms with Crippen molar-refractivity contribution in [2.24, 2.45) is 5.92 Å². The third-order valence-corrected chi connectivity index (χ3v) is 3.67. The molecule has 1 aromatic carbocycles. The van der Waals surface area contributed by atoms with Crippen molar-refractivity contribution in [2.75, 3.05) is 5.73 Å². The van der Waals surface area contributed by atoms with E-state index in [-0.39, 0.29) is 0 Å². The van der Waals surface area contributed by atoms with Gasteiger partial charge in [-0.1, -0.05) is 36.8 Å². The van der Waals surface area contributed by atoms with E-state index in [9.17, 15) is 0 Å². The summed E-state index contributed by atoms with van der Waals surface area (Å²) in [6.45, 7) is 4.10. The average Bonchev–Trinajstić information content (AvgIpc) is 2.80. The van der Waals surface area contributed by atoms with Gasteiger partial charge in [0.2, 0.25) is 0 Å². The SMILES string of the molecule is Cc1nc2ccc(N)c(Cl)c2nc1C1=CC(C)C=C1. The van der Waals surface area contributed by atoms with E-state index in [1.165, 1.54) is 0 Å². The van der Waals surface area contributed by atoms with Crippen molar-refractivity contribution in [1.29, 1.82) is 0 Å². The Morgan fingerprint density at radius 2 is 2.05 bits per heavy atom. The predicted molar refractivity (Wildman–Crippen MR) is 80.0 cm³/mol. The Balaban J connectivity index is 2.27. The van der Waals surface area contributed by atoms with Crippen molar-refractivity contribution >= 4 is 33.9 Å². The maximum atomic E-state index is 6.22. The molecule has 1 atom stereocenters. The van der Waals surface area contributed by atoms with Gasteiger partial charge in [-0.25, -0.2) is 9.97 Å². The predicted octanol–water partition coefficient (Wildman–Crippen LogP) is 3.76. The fourth-order valence-electron chi connectivity index (χ4n) is 2.27. The van der Waals surface area contributed by atoms with Crippen molar-refractivity contribution in [1.82, 2.24) is 9.97 Å². The molecule has 0 aliphatic heterocycles. The van der Waals surface area contributed by atoms with E-state index in [4.69, 9.17) is 17.3 Å². The summed E-state index contributed by atoms with van der Waals surface area (Å²) in [4.78, 5) is 9.23. The van der Waals surface area contributed by atoms with Crippen LogP contribution < -0.4 is 5.73 Å². The highest BCUT2D eigenvalue weighted by Gasteiger charge is 2.14. The number of fused-ring (bicyclic) bond motifs is 1. The number of hydrogen-bond donors (Lipinski definition) is 1. The van der Waals surface area contributed by atoms with Crippen LogP contribution in [0.4, 0.5) is 5.69 Å². The molecule has 1 heterocycles. The van der Waals surface area contributed by atoms with Crippen LogP contribution in [0.25, 0.3) is 16.6 Å². The summed E-state index contributed by atoms with van der Waals surface area (Å²) < 4.78 is 0. The molecule has 0 saturated carbocycles. The molecule has 0 fully saturated rings. The molecule has 1 aromatic heterocycles. The molecule has 4 heteroatoms. The lowest BCUT2D eigenvalue weighted by Crippen LogP contribution is -1.98. The third kappa shape index (κ3) is 2.00. The van der Waals surface area contributed by atoms with Crippen molar-refractivity contribution in [3.8, 4) is 0 Å². The van der Waals surface area contributed by atoms with Crippen LogP contribution in [0.1, 0.15) is 18.3 Å². The summed E-state index contributed by atoms with van der Waals surface area (Å²) in [5.41, 5.74) is 10.7. The van der Waals surface area contributed by atoms with Gasteiger partial charge in [0.25, 0.3) is 0 Å². The van der Waals surface area contributed by atoms with Crippen LogP contribution in [0.5, 0.6) is 0 Å². The number of hydrogen-bond acceptors (Lipinski definition) is 3. The number of nitrogens with two attached hydrogens (primary N) is 1. The number of anilines is 1. The number of aromatic nitrogens is 2. The lowest BCUT2D eigenvalue weighted by atomic mass is 10.1. The quantitative estimate of drug-likeness (QED) is 0.804. The maximum absolute atomic E-state index is 6.22. The van der Waals surface area contributed by atoms with Gasteiger partial charge in [-0.3, -0.25) is 0 Å². The molecule has 96 valence electrons. The molecule has 2 aromatic rings. The minimum absolute atomic E-state index is 0.434. The Kier molecular flexibility index (Phi) is 2.79. The lowest BCUT2D eigenvalue weighted by Gasteiger charge is -2.08. The molecule has 0 amide bonds. The molecule has 0 saturated heterocycles. The number of nitrogens with zero attached hydrogens (tertiary/aromatic N) is 2. The van der Waals surface area contributed by atoms with Gasteiger partial charge >= 0.3 is 0 Å². The van der Waals surface area contributed by atoms with Gasteiger partial charge in [-0.15, -0.1) is 0 Å². The van der Waals surface area contributed by atoms with Crippen LogP contribution in [0.2, 0.25) is 5.02 Å². The second kappa shape index (κ2) is 4.35. The molecule has 0 bridgehead atoms. The molecule has 3 nitrogen and oxygen atoms in total. The van der Waals surface area contributed by atoms with Crippen LogP contribution in [-0.4, -0.2) is 9.97 Å². The summed E-state index contributed by atoms with van der Waals surface area (Å²) in [6, 6.07) is 3.61. The minimum atomic E-state index is 0.434. The Morgan fingerprint density at radius 1 is 1.26 bits per heavy atom. The van der Waals surface area contributed by atoms with Gasteiger partial charge in [0.1, 0.15) is 5.52 Å². The smallest absolute Gasteiger partial charge is 0.110 e. The number of aryl methyl sites for hydroxylation is 1. The first-order valence-corrected chi connectivity index (χ1v) is 6.57. The molecule has 0 spiro atoms. The van der Waals surface area contributed by atoms with Crippen LogP contribution in [-0.2, 0) is 0 Å². The van der Waals surface area contributed by atoms with E-state index in [1.807, 2.05) is 13.0 Å². The van der Waals surface area contributed by atoms with E-state index >= 15 is 0 Å². The standard InChI is InChI=1S/C15H14ClN3/c1-8-3-4-10(7-8)14-9(2)18-12-6-5-11(17)13(16)15(12)19-14/h3-8H,17H2,1-2H3. The van der Waals surface area contributed by atoms with Gasteiger partial charge in [-0.2, -0.15) is 0 Å². The average molecular weight is 272 g/mol. The number of rotatable bonds is 1. The van der Waals surface area contributed by atoms with E-state index in [0.717, 1.165) is 22.5 Å². The molecular formula is C15H14ClN3. The van der Waals surface area contributed by atoms with E-state index in [0.29, 0.717) is 22.1 Å². The van der Waals surface area contributed by atoms with Gasteiger partial charge in [0, 0.05) is 0 Å². The molecule has 2 N–H and O–H groups in total. The molecule has 19 heavy (non-hydrogen) atoms.